The van der Waals surface area contributed by atoms with Crippen LogP contribution in [-0.2, 0) is 17.8 Å². The minimum atomic E-state index is -0.287. The molecule has 0 aromatic heterocycles. The number of hydrogen-bond donors (Lipinski definition) is 1. The molecule has 0 fully saturated rings. The van der Waals surface area contributed by atoms with Gasteiger partial charge in [0.15, 0.2) is 0 Å². The summed E-state index contributed by atoms with van der Waals surface area (Å²) in [6.07, 6.45) is 2.70. The monoisotopic (exact) mass is 774 g/mol. The predicted molar refractivity (Wildman–Crippen MR) is 150 cm³/mol. The quantitative estimate of drug-likeness (QED) is 0.0826. The van der Waals surface area contributed by atoms with Crippen LogP contribution in [0.4, 0.5) is 0 Å². The van der Waals surface area contributed by atoms with Gasteiger partial charge in [-0.25, -0.2) is 0 Å². The van der Waals surface area contributed by atoms with Crippen LogP contribution in [0.25, 0.3) is 11.6 Å². The minimum absolute atomic E-state index is 0. The first-order chi connectivity index (χ1) is 17.5. The van der Waals surface area contributed by atoms with Crippen LogP contribution < -0.4 is 10.1 Å². The molecule has 0 heterocycles. The average Bonchev–Trinajstić information content (AvgIpc) is 2.89. The summed E-state index contributed by atoms with van der Waals surface area (Å²) in [6, 6.07) is 23.1. The smallest absolute Gasteiger partial charge is 0.732 e. The Balaban J connectivity index is 0.00000481. The van der Waals surface area contributed by atoms with Gasteiger partial charge >= 0.3 is 39.9 Å². The number of rotatable bonds is 13. The van der Waals surface area contributed by atoms with Crippen LogP contribution in [0.2, 0.25) is 10.0 Å². The van der Waals surface area contributed by atoms with Crippen molar-refractivity contribution in [1.82, 2.24) is 5.32 Å². The third kappa shape index (κ3) is 11.0. The zero-order chi connectivity index (χ0) is 25.8. The number of nitrogens with zero attached hydrogens (tertiary/aromatic N) is 1. The molecule has 0 spiro atoms. The number of thioether (sulfide) groups is 1. The van der Waals surface area contributed by atoms with Gasteiger partial charge in [-0.2, -0.15) is 0 Å². The molecule has 37 heavy (non-hydrogen) atoms. The summed E-state index contributed by atoms with van der Waals surface area (Å²) in [5.41, 5.74) is 9.45. The first kappa shape index (κ1) is 31.7. The molecule has 3 aromatic rings. The van der Waals surface area contributed by atoms with Gasteiger partial charge < -0.3 is 26.7 Å². The van der Waals surface area contributed by atoms with Crippen LogP contribution in [0.1, 0.15) is 30.4 Å². The molecule has 0 bridgehead atoms. The zero-order valence-electron chi connectivity index (χ0n) is 20.2. The molecule has 3 aromatic carbocycles. The summed E-state index contributed by atoms with van der Waals surface area (Å²) in [5, 5.41) is 6.80. The summed E-state index contributed by atoms with van der Waals surface area (Å²) >= 11 is 13.9. The van der Waals surface area contributed by atoms with Crippen molar-refractivity contribution in [2.75, 3.05) is 6.54 Å². The Hall–Kier alpha value is -1.55. The van der Waals surface area contributed by atoms with Crippen LogP contribution in [0, 0.1) is 39.9 Å². The number of ether oxygens (including phenoxy) is 1. The van der Waals surface area contributed by atoms with E-state index in [9.17, 15) is 4.79 Å². The van der Waals surface area contributed by atoms with Crippen LogP contribution in [0.15, 0.2) is 82.8 Å². The van der Waals surface area contributed by atoms with Crippen molar-refractivity contribution in [3.63, 3.8) is 0 Å². The molecule has 6 nitrogen and oxygen atoms in total. The Bertz CT molecular complexity index is 1130. The van der Waals surface area contributed by atoms with Gasteiger partial charge in [-0.3, -0.25) is 4.79 Å². The Morgan fingerprint density at radius 1 is 1.00 bits per heavy atom. The van der Waals surface area contributed by atoms with E-state index < -0.39 is 0 Å². The number of carbonyl (C=O) groups excluding carboxylic acids is 1. The molecular formula is C27H28Cl2N4O2STh. The standard InChI is InChI=1S/C27H29Cl2N4O2S.Th/c28-23-9-5-10-24(29)22(23)18-35-20-12-14-21(15-13-20)36-25(27(34)32-17-16-26(30)33-31)11-4-8-19-6-2-1-3-7-19;/h1-3,5-7,9-10,12-15,25,31H,4,8,11,16-18H2,(H3,30,32,33,34);/q-1;+2/p-1. The summed E-state index contributed by atoms with van der Waals surface area (Å²) in [7, 11) is 0. The van der Waals surface area contributed by atoms with E-state index in [1.54, 1.807) is 18.2 Å². The van der Waals surface area contributed by atoms with Gasteiger partial charge in [0.05, 0.1) is 5.25 Å². The number of hydrogen-bond acceptors (Lipinski definition) is 4. The fourth-order valence-electron chi connectivity index (χ4n) is 3.46. The molecular weight excluding hydrogens is 747 g/mol. The van der Waals surface area contributed by atoms with E-state index >= 15 is 0 Å². The van der Waals surface area contributed by atoms with E-state index in [4.69, 9.17) is 39.5 Å². The Labute approximate surface area is 264 Å². The molecule has 192 valence electrons. The maximum atomic E-state index is 12.9. The zero-order valence-corrected chi connectivity index (χ0v) is 26.6. The second-order valence-corrected chi connectivity index (χ2v) is 10.1. The summed E-state index contributed by atoms with van der Waals surface area (Å²) < 4.78 is 5.86. The first-order valence-electron chi connectivity index (χ1n) is 11.5. The fourth-order valence-corrected chi connectivity index (χ4v) is 5.06. The largest absolute Gasteiger partial charge is 2.00 e. The molecule has 0 saturated heterocycles. The van der Waals surface area contributed by atoms with Crippen molar-refractivity contribution in [1.29, 1.82) is 0 Å². The first-order valence-corrected chi connectivity index (χ1v) is 13.2. The summed E-state index contributed by atoms with van der Waals surface area (Å²) in [5.74, 6) is 7.41. The molecule has 0 radical (unpaired) electrons. The van der Waals surface area contributed by atoms with E-state index in [2.05, 4.69) is 22.6 Å². The number of benzene rings is 3. The second kappa shape index (κ2) is 17.1. The molecule has 0 saturated carbocycles. The van der Waals surface area contributed by atoms with Crippen molar-refractivity contribution in [3.05, 3.63) is 106 Å². The van der Waals surface area contributed by atoms with Crippen LogP contribution in [-0.4, -0.2) is 23.5 Å². The van der Waals surface area contributed by atoms with Gasteiger partial charge in [-0.05, 0) is 67.6 Å². The van der Waals surface area contributed by atoms with E-state index in [1.807, 2.05) is 42.5 Å². The number of nitrogens with one attached hydrogen (secondary N) is 3. The van der Waals surface area contributed by atoms with Gasteiger partial charge in [0.1, 0.15) is 12.4 Å². The summed E-state index contributed by atoms with van der Waals surface area (Å²) in [6.45, 7) is 0.544. The molecule has 0 aliphatic carbocycles. The van der Waals surface area contributed by atoms with Gasteiger partial charge in [0.2, 0.25) is 5.91 Å². The topological polar surface area (TPSA) is 98.3 Å². The Morgan fingerprint density at radius 2 is 1.68 bits per heavy atom. The number of amides is 1. The van der Waals surface area contributed by atoms with Gasteiger partial charge in [0, 0.05) is 27.0 Å². The molecule has 0 aliphatic rings. The normalized spacial score (nSPS) is 11.9. The van der Waals surface area contributed by atoms with Crippen LogP contribution in [0.5, 0.6) is 5.75 Å². The molecule has 3 rings (SSSR count). The third-order valence-corrected chi connectivity index (χ3v) is 7.40. The van der Waals surface area contributed by atoms with E-state index in [-0.39, 0.29) is 76.5 Å². The van der Waals surface area contributed by atoms with E-state index in [0.717, 1.165) is 23.3 Å². The van der Waals surface area contributed by atoms with Crippen LogP contribution in [0.3, 0.4) is 0 Å². The number of amidine groups is 1. The summed E-state index contributed by atoms with van der Waals surface area (Å²) in [4.78, 5) is 13.9. The van der Waals surface area contributed by atoms with Gasteiger partial charge in [-0.15, -0.1) is 17.6 Å². The SMILES string of the molecule is [NH-]/N=C(\[NH-])CCNC(=O)C(CCCc1ccccc1)Sc1ccc(OCc2c(Cl)cccc2Cl)cc1.[Th+2]. The van der Waals surface area contributed by atoms with Crippen LogP contribution >= 0.6 is 35.0 Å². The average molecular weight is 776 g/mol. The molecule has 3 N–H and O–H groups in total. The van der Waals surface area contributed by atoms with Crippen molar-refractivity contribution in [2.45, 2.75) is 42.4 Å². The number of aryl methyl sites for hydroxylation is 1. The van der Waals surface area contributed by atoms with Crippen molar-refractivity contribution >= 4 is 46.7 Å². The van der Waals surface area contributed by atoms with Crippen molar-refractivity contribution in [2.24, 2.45) is 5.10 Å². The minimum Gasteiger partial charge on any atom is -0.732 e. The molecule has 1 amide bonds. The van der Waals surface area contributed by atoms with Crippen molar-refractivity contribution in [3.8, 4) is 5.75 Å². The van der Waals surface area contributed by atoms with Crippen molar-refractivity contribution < 1.29 is 49.5 Å². The van der Waals surface area contributed by atoms with Gasteiger partial charge in [-0.1, -0.05) is 59.6 Å². The maximum absolute atomic E-state index is 12.9. The van der Waals surface area contributed by atoms with Gasteiger partial charge in [0.25, 0.3) is 0 Å². The molecule has 1 atom stereocenters. The number of halogens is 2. The molecule has 0 aliphatic heterocycles. The number of carbonyl (C=O) groups is 1. The Morgan fingerprint density at radius 3 is 2.32 bits per heavy atom. The van der Waals surface area contributed by atoms with E-state index in [1.165, 1.54) is 17.3 Å². The third-order valence-electron chi connectivity index (χ3n) is 5.41. The predicted octanol–water partition coefficient (Wildman–Crippen LogP) is 7.98. The molecule has 1 unspecified atom stereocenters. The molecule has 10 heteroatoms. The Kier molecular flexibility index (Phi) is 14.7. The maximum Gasteiger partial charge on any atom is 2.00 e. The second-order valence-electron chi connectivity index (χ2n) is 8.04. The van der Waals surface area contributed by atoms with E-state index in [0.29, 0.717) is 22.2 Å². The fraction of sp³-hybridized carbons (Fsp3) is 0.259.